The number of piperidine rings is 1. The van der Waals surface area contributed by atoms with E-state index in [1.54, 1.807) is 6.92 Å². The predicted octanol–water partition coefficient (Wildman–Crippen LogP) is 2.82. The molecule has 3 rings (SSSR count). The van der Waals surface area contributed by atoms with Crippen LogP contribution in [0.2, 0.25) is 0 Å². The first-order valence-corrected chi connectivity index (χ1v) is 9.98. The van der Waals surface area contributed by atoms with Crippen molar-refractivity contribution in [1.29, 1.82) is 0 Å². The number of rotatable bonds is 4. The van der Waals surface area contributed by atoms with Gasteiger partial charge in [-0.25, -0.2) is 0 Å². The molecule has 1 heterocycles. The quantitative estimate of drug-likeness (QED) is 0.837. The third-order valence-corrected chi connectivity index (χ3v) is 6.15. The highest BCUT2D eigenvalue weighted by Crippen LogP contribution is 2.26. The normalized spacial score (nSPS) is 34.2. The van der Waals surface area contributed by atoms with Crippen LogP contribution in [0.25, 0.3) is 0 Å². The fourth-order valence-electron chi connectivity index (χ4n) is 4.95. The molecule has 132 valence electrons. The minimum absolute atomic E-state index is 0.122. The molecule has 0 bridgehead atoms. The van der Waals surface area contributed by atoms with E-state index in [0.29, 0.717) is 18.1 Å². The van der Waals surface area contributed by atoms with Gasteiger partial charge < -0.3 is 10.6 Å². The summed E-state index contributed by atoms with van der Waals surface area (Å²) in [6.07, 6.45) is 14.6. The summed E-state index contributed by atoms with van der Waals surface area (Å²) < 4.78 is 0. The Balaban J connectivity index is 1.40. The number of hydrogen-bond donors (Lipinski definition) is 2. The van der Waals surface area contributed by atoms with Crippen LogP contribution in [-0.2, 0) is 4.79 Å². The number of carbonyl (C=O) groups is 1. The highest BCUT2D eigenvalue weighted by atomic mass is 16.1. The van der Waals surface area contributed by atoms with Crippen molar-refractivity contribution in [2.24, 2.45) is 0 Å². The first-order valence-electron chi connectivity index (χ1n) is 9.98. The number of nitrogens with one attached hydrogen (secondary N) is 2. The molecule has 1 atom stereocenters. The maximum atomic E-state index is 11.2. The summed E-state index contributed by atoms with van der Waals surface area (Å²) in [5.41, 5.74) is 0. The molecule has 2 N–H and O–H groups in total. The van der Waals surface area contributed by atoms with Gasteiger partial charge in [-0.3, -0.25) is 9.69 Å². The highest BCUT2D eigenvalue weighted by Gasteiger charge is 2.29. The number of hydrogen-bond acceptors (Lipinski definition) is 3. The molecule has 0 spiro atoms. The summed E-state index contributed by atoms with van der Waals surface area (Å²) in [4.78, 5) is 13.9. The van der Waals surface area contributed by atoms with Crippen LogP contribution in [0.4, 0.5) is 0 Å². The Morgan fingerprint density at radius 2 is 1.52 bits per heavy atom. The van der Waals surface area contributed by atoms with Crippen molar-refractivity contribution in [3.05, 3.63) is 0 Å². The van der Waals surface area contributed by atoms with Crippen molar-refractivity contribution >= 4 is 5.91 Å². The average Bonchev–Trinajstić information content (AvgIpc) is 2.57. The zero-order valence-corrected chi connectivity index (χ0v) is 14.9. The lowest BCUT2D eigenvalue weighted by Crippen LogP contribution is -2.53. The lowest BCUT2D eigenvalue weighted by Gasteiger charge is -2.42. The van der Waals surface area contributed by atoms with Gasteiger partial charge in [0, 0.05) is 37.6 Å². The van der Waals surface area contributed by atoms with Crippen LogP contribution in [0.1, 0.15) is 77.6 Å². The maximum Gasteiger partial charge on any atom is 0.217 e. The van der Waals surface area contributed by atoms with Gasteiger partial charge in [-0.1, -0.05) is 19.3 Å². The monoisotopic (exact) mass is 321 g/mol. The van der Waals surface area contributed by atoms with Gasteiger partial charge >= 0.3 is 0 Å². The largest absolute Gasteiger partial charge is 0.354 e. The molecule has 23 heavy (non-hydrogen) atoms. The fourth-order valence-corrected chi connectivity index (χ4v) is 4.95. The van der Waals surface area contributed by atoms with E-state index in [0.717, 1.165) is 18.9 Å². The second-order valence-corrected chi connectivity index (χ2v) is 8.04. The van der Waals surface area contributed by atoms with E-state index in [1.807, 2.05) is 0 Å². The first-order chi connectivity index (χ1) is 11.2. The molecule has 0 radical (unpaired) electrons. The van der Waals surface area contributed by atoms with Crippen molar-refractivity contribution in [3.8, 4) is 0 Å². The van der Waals surface area contributed by atoms with Crippen molar-refractivity contribution in [2.75, 3.05) is 13.1 Å². The molecular formula is C19H35N3O. The highest BCUT2D eigenvalue weighted by molar-refractivity contribution is 5.73. The zero-order valence-electron chi connectivity index (χ0n) is 14.9. The van der Waals surface area contributed by atoms with Crippen LogP contribution in [-0.4, -0.2) is 48.1 Å². The van der Waals surface area contributed by atoms with E-state index in [2.05, 4.69) is 15.5 Å². The van der Waals surface area contributed by atoms with Gasteiger partial charge in [0.1, 0.15) is 0 Å². The maximum absolute atomic E-state index is 11.2. The second kappa shape index (κ2) is 8.48. The molecule has 1 aliphatic heterocycles. The third kappa shape index (κ3) is 5.18. The Morgan fingerprint density at radius 3 is 2.22 bits per heavy atom. The summed E-state index contributed by atoms with van der Waals surface area (Å²) >= 11 is 0. The summed E-state index contributed by atoms with van der Waals surface area (Å²) in [5.74, 6) is 0.122. The summed E-state index contributed by atoms with van der Waals surface area (Å²) in [6.45, 7) is 4.21. The molecule has 3 aliphatic rings. The minimum atomic E-state index is 0.122. The van der Waals surface area contributed by atoms with Gasteiger partial charge in [0.15, 0.2) is 0 Å². The summed E-state index contributed by atoms with van der Waals surface area (Å²) in [5, 5.41) is 7.03. The van der Waals surface area contributed by atoms with Gasteiger partial charge in [0.2, 0.25) is 5.91 Å². The molecule has 0 aromatic rings. The number of carbonyl (C=O) groups excluding carboxylic acids is 1. The first kappa shape index (κ1) is 17.2. The van der Waals surface area contributed by atoms with Gasteiger partial charge in [-0.05, 0) is 57.9 Å². The Kier molecular flexibility index (Phi) is 6.35. The SMILES string of the molecule is CC(=O)NC1CCC(N[C@H]2CCCN(C3CCCCC3)C2)CC1. The van der Waals surface area contributed by atoms with Crippen LogP contribution < -0.4 is 10.6 Å². The predicted molar refractivity (Wildman–Crippen MR) is 94.5 cm³/mol. The molecule has 1 amide bonds. The van der Waals surface area contributed by atoms with Crippen LogP contribution >= 0.6 is 0 Å². The van der Waals surface area contributed by atoms with Gasteiger partial charge in [0.25, 0.3) is 0 Å². The van der Waals surface area contributed by atoms with E-state index in [1.165, 1.54) is 70.9 Å². The van der Waals surface area contributed by atoms with E-state index in [4.69, 9.17) is 0 Å². The molecule has 0 aromatic heterocycles. The zero-order chi connectivity index (χ0) is 16.1. The standard InChI is InChI=1S/C19H35N3O/c1-15(23)20-16-9-11-17(12-10-16)21-18-6-5-13-22(14-18)19-7-3-2-4-8-19/h16-19,21H,2-14H2,1H3,(H,20,23)/t16?,17?,18-/m0/s1. The van der Waals surface area contributed by atoms with Crippen molar-refractivity contribution < 1.29 is 4.79 Å². The van der Waals surface area contributed by atoms with Gasteiger partial charge in [0.05, 0.1) is 0 Å². The van der Waals surface area contributed by atoms with Gasteiger partial charge in [-0.15, -0.1) is 0 Å². The number of nitrogens with zero attached hydrogens (tertiary/aromatic N) is 1. The summed E-state index contributed by atoms with van der Waals surface area (Å²) in [7, 11) is 0. The van der Waals surface area contributed by atoms with Gasteiger partial charge in [-0.2, -0.15) is 0 Å². The molecule has 3 fully saturated rings. The lowest BCUT2D eigenvalue weighted by atomic mass is 9.89. The summed E-state index contributed by atoms with van der Waals surface area (Å²) in [6, 6.07) is 2.63. The molecule has 2 saturated carbocycles. The second-order valence-electron chi connectivity index (χ2n) is 8.04. The van der Waals surface area contributed by atoms with E-state index in [9.17, 15) is 4.79 Å². The minimum Gasteiger partial charge on any atom is -0.354 e. The Morgan fingerprint density at radius 1 is 0.826 bits per heavy atom. The average molecular weight is 322 g/mol. The Labute approximate surface area is 141 Å². The van der Waals surface area contributed by atoms with E-state index in [-0.39, 0.29) is 5.91 Å². The molecule has 2 aliphatic carbocycles. The fraction of sp³-hybridized carbons (Fsp3) is 0.947. The number of likely N-dealkylation sites (tertiary alicyclic amines) is 1. The smallest absolute Gasteiger partial charge is 0.217 e. The van der Waals surface area contributed by atoms with Crippen LogP contribution in [0.15, 0.2) is 0 Å². The van der Waals surface area contributed by atoms with Crippen LogP contribution in [0, 0.1) is 0 Å². The molecule has 0 unspecified atom stereocenters. The van der Waals surface area contributed by atoms with Crippen molar-refractivity contribution in [2.45, 2.75) is 102 Å². The van der Waals surface area contributed by atoms with Crippen LogP contribution in [0.3, 0.4) is 0 Å². The van der Waals surface area contributed by atoms with E-state index < -0.39 is 0 Å². The molecule has 4 heteroatoms. The third-order valence-electron chi connectivity index (χ3n) is 6.15. The number of amides is 1. The van der Waals surface area contributed by atoms with Crippen molar-refractivity contribution in [3.63, 3.8) is 0 Å². The molecule has 0 aromatic carbocycles. The Bertz CT molecular complexity index is 373. The van der Waals surface area contributed by atoms with Crippen LogP contribution in [0.5, 0.6) is 0 Å². The van der Waals surface area contributed by atoms with E-state index >= 15 is 0 Å². The molecule has 4 nitrogen and oxygen atoms in total. The topological polar surface area (TPSA) is 44.4 Å². The molecule has 1 saturated heterocycles. The lowest BCUT2D eigenvalue weighted by molar-refractivity contribution is -0.119. The Hall–Kier alpha value is -0.610. The molecular weight excluding hydrogens is 286 g/mol. The van der Waals surface area contributed by atoms with Crippen molar-refractivity contribution in [1.82, 2.24) is 15.5 Å².